The molecule has 0 aliphatic heterocycles. The van der Waals surface area contributed by atoms with Gasteiger partial charge in [-0.1, -0.05) is 84.9 Å². The molecule has 6 nitrogen and oxygen atoms in total. The zero-order valence-electron chi connectivity index (χ0n) is 25.0. The molecular weight excluding hydrogens is 597 g/mol. The Balaban J connectivity index is 1.27. The lowest BCUT2D eigenvalue weighted by atomic mass is 9.87. The predicted molar refractivity (Wildman–Crippen MR) is 195 cm³/mol. The maximum absolute atomic E-state index is 9.05. The number of aromatic nitrogens is 4. The third kappa shape index (κ3) is 5.22. The molecule has 0 spiro atoms. The molecule has 8 rings (SSSR count). The molecule has 0 atom stereocenters. The van der Waals surface area contributed by atoms with E-state index in [1.54, 1.807) is 12.4 Å². The van der Waals surface area contributed by atoms with Crippen LogP contribution in [0.2, 0.25) is 0 Å². The third-order valence-corrected chi connectivity index (χ3v) is 8.55. The third-order valence-electron chi connectivity index (χ3n) is 8.33. The number of hydrogen-bond donors (Lipinski definition) is 2. The zero-order valence-corrected chi connectivity index (χ0v) is 25.9. The lowest BCUT2D eigenvalue weighted by Crippen LogP contribution is -2.18. The lowest BCUT2D eigenvalue weighted by Gasteiger charge is -2.20. The van der Waals surface area contributed by atoms with Gasteiger partial charge in [-0.05, 0) is 78.1 Å². The highest BCUT2D eigenvalue weighted by atomic mass is 32.1. The van der Waals surface area contributed by atoms with Crippen molar-refractivity contribution >= 4 is 41.2 Å². The number of thiol groups is 1. The van der Waals surface area contributed by atoms with Gasteiger partial charge in [-0.15, -0.1) is 0 Å². The fourth-order valence-corrected chi connectivity index (χ4v) is 6.24. The van der Waals surface area contributed by atoms with Gasteiger partial charge in [-0.2, -0.15) is 0 Å². The van der Waals surface area contributed by atoms with Crippen molar-refractivity contribution in [2.24, 2.45) is 4.40 Å². The van der Waals surface area contributed by atoms with Crippen LogP contribution in [-0.4, -0.2) is 31.4 Å². The van der Waals surface area contributed by atoms with E-state index in [0.717, 1.165) is 78.3 Å². The fourth-order valence-electron chi connectivity index (χ4n) is 6.07. The number of hydrogen-bond acceptors (Lipinski definition) is 7. The minimum absolute atomic E-state index is 0.333. The van der Waals surface area contributed by atoms with Crippen LogP contribution in [0.25, 0.3) is 73.3 Å². The van der Waals surface area contributed by atoms with Crippen LogP contribution in [0.4, 0.5) is 0 Å². The van der Waals surface area contributed by atoms with E-state index in [4.69, 9.17) is 15.4 Å². The molecule has 0 radical (unpaired) electrons. The first-order valence-electron chi connectivity index (χ1n) is 15.2. The van der Waals surface area contributed by atoms with Crippen molar-refractivity contribution in [3.63, 3.8) is 0 Å². The van der Waals surface area contributed by atoms with Crippen LogP contribution >= 0.6 is 12.8 Å². The van der Waals surface area contributed by atoms with Gasteiger partial charge in [0.05, 0.1) is 45.4 Å². The number of nitrogens with one attached hydrogen (secondary N) is 1. The molecule has 0 amide bonds. The summed E-state index contributed by atoms with van der Waals surface area (Å²) in [5.74, 6) is 0. The lowest BCUT2D eigenvalue weighted by molar-refractivity contribution is 1.22. The van der Waals surface area contributed by atoms with Crippen LogP contribution in [0.15, 0.2) is 144 Å². The standard InChI is InChI=1S/C40H26N6S/c41-38-34(46-47)20-19-31-37(38)30-12-8-11-29(40(30)45-39(31)27-9-2-1-3-10-27)26-17-15-25(16-18-26)28-23-35(32-13-4-6-21-42-32)44-36(24-28)33-14-5-7-22-43-33/h1-24,41,47H. The van der Waals surface area contributed by atoms with Crippen molar-refractivity contribution in [2.75, 3.05) is 0 Å². The van der Waals surface area contributed by atoms with Crippen molar-refractivity contribution in [1.82, 2.24) is 19.9 Å². The second-order valence-electron chi connectivity index (χ2n) is 11.1. The highest BCUT2D eigenvalue weighted by Crippen LogP contribution is 2.38. The van der Waals surface area contributed by atoms with Crippen LogP contribution in [0, 0.1) is 5.41 Å². The average molecular weight is 623 g/mol. The molecule has 7 aromatic rings. The van der Waals surface area contributed by atoms with Gasteiger partial charge < -0.3 is 0 Å². The van der Waals surface area contributed by atoms with Crippen molar-refractivity contribution in [3.8, 4) is 56.3 Å². The van der Waals surface area contributed by atoms with E-state index in [2.05, 4.69) is 81.8 Å². The molecule has 0 saturated carbocycles. The number of benzene rings is 3. The summed E-state index contributed by atoms with van der Waals surface area (Å²) in [4.78, 5) is 19.3. The molecule has 0 fully saturated rings. The van der Waals surface area contributed by atoms with E-state index in [0.29, 0.717) is 11.4 Å². The number of para-hydroxylation sites is 1. The van der Waals surface area contributed by atoms with Gasteiger partial charge in [0.1, 0.15) is 0 Å². The molecule has 0 unspecified atom stereocenters. The van der Waals surface area contributed by atoms with E-state index < -0.39 is 0 Å². The molecule has 4 aromatic heterocycles. The summed E-state index contributed by atoms with van der Waals surface area (Å²) in [6.07, 6.45) is 7.38. The molecule has 4 heterocycles. The number of nitrogens with zero attached hydrogens (tertiary/aromatic N) is 5. The zero-order chi connectivity index (χ0) is 31.7. The van der Waals surface area contributed by atoms with Gasteiger partial charge >= 0.3 is 0 Å². The summed E-state index contributed by atoms with van der Waals surface area (Å²) in [5.41, 5.74) is 12.5. The Kier molecular flexibility index (Phi) is 7.28. The van der Waals surface area contributed by atoms with E-state index >= 15 is 0 Å². The largest absolute Gasteiger partial charge is 0.298 e. The Hall–Kier alpha value is -6.05. The molecule has 222 valence electrons. The maximum atomic E-state index is 9.05. The summed E-state index contributed by atoms with van der Waals surface area (Å²) in [6.45, 7) is 0. The topological polar surface area (TPSA) is 87.8 Å². The smallest absolute Gasteiger partial charge is 0.0966 e. The van der Waals surface area contributed by atoms with E-state index in [-0.39, 0.29) is 0 Å². The number of rotatable bonds is 5. The highest BCUT2D eigenvalue weighted by Gasteiger charge is 2.24. The second-order valence-corrected chi connectivity index (χ2v) is 11.3. The van der Waals surface area contributed by atoms with Gasteiger partial charge in [0.25, 0.3) is 0 Å². The number of allylic oxidation sites excluding steroid dienone is 1. The van der Waals surface area contributed by atoms with Crippen LogP contribution in [0.1, 0.15) is 11.1 Å². The van der Waals surface area contributed by atoms with Crippen molar-refractivity contribution in [1.29, 1.82) is 5.41 Å². The first-order chi connectivity index (χ1) is 23.2. The Morgan fingerprint density at radius 1 is 0.553 bits per heavy atom. The van der Waals surface area contributed by atoms with Gasteiger partial charge in [0, 0.05) is 40.0 Å². The number of pyridine rings is 4. The van der Waals surface area contributed by atoms with Crippen LogP contribution in [-0.2, 0) is 0 Å². The summed E-state index contributed by atoms with van der Waals surface area (Å²) in [7, 11) is 0. The minimum atomic E-state index is 0.333. The SMILES string of the molecule is N=C1C(=NS)C=Cc2c(-c3ccccc3)nc3c(-c4ccc(-c5cc(-c6ccccn6)nc(-c6ccccn6)c5)cc4)cccc3c21. The summed E-state index contributed by atoms with van der Waals surface area (Å²) in [5, 5.41) is 9.96. The van der Waals surface area contributed by atoms with Gasteiger partial charge in [-0.3, -0.25) is 15.4 Å². The van der Waals surface area contributed by atoms with Crippen LogP contribution < -0.4 is 0 Å². The Morgan fingerprint density at radius 3 is 1.85 bits per heavy atom. The fraction of sp³-hybridized carbons (Fsp3) is 0. The summed E-state index contributed by atoms with van der Waals surface area (Å²) >= 11 is 4.15. The van der Waals surface area contributed by atoms with E-state index in [1.165, 1.54) is 0 Å². The Labute approximate surface area is 277 Å². The first-order valence-corrected chi connectivity index (χ1v) is 15.6. The number of fused-ring (bicyclic) bond motifs is 3. The summed E-state index contributed by atoms with van der Waals surface area (Å²) in [6, 6.07) is 40.6. The quantitative estimate of drug-likeness (QED) is 0.187. The van der Waals surface area contributed by atoms with E-state index in [1.807, 2.05) is 78.9 Å². The molecule has 1 aliphatic rings. The van der Waals surface area contributed by atoms with Gasteiger partial charge in [0.2, 0.25) is 0 Å². The summed E-state index contributed by atoms with van der Waals surface area (Å²) < 4.78 is 4.07. The molecule has 47 heavy (non-hydrogen) atoms. The van der Waals surface area contributed by atoms with Crippen molar-refractivity contribution in [3.05, 3.63) is 151 Å². The normalized spacial score (nSPS) is 13.2. The Morgan fingerprint density at radius 2 is 1.21 bits per heavy atom. The molecule has 0 bridgehead atoms. The molecule has 1 aliphatic carbocycles. The molecule has 0 saturated heterocycles. The Bertz CT molecular complexity index is 2290. The molecular formula is C40H26N6S. The monoisotopic (exact) mass is 622 g/mol. The average Bonchev–Trinajstić information content (AvgIpc) is 3.15. The van der Waals surface area contributed by atoms with Crippen LogP contribution in [0.5, 0.6) is 0 Å². The van der Waals surface area contributed by atoms with Gasteiger partial charge in [-0.25, -0.2) is 14.4 Å². The maximum Gasteiger partial charge on any atom is 0.0966 e. The second kappa shape index (κ2) is 12.0. The predicted octanol–water partition coefficient (Wildman–Crippen LogP) is 9.44. The van der Waals surface area contributed by atoms with Crippen molar-refractivity contribution < 1.29 is 0 Å². The van der Waals surface area contributed by atoms with Gasteiger partial charge in [0.15, 0.2) is 0 Å². The molecule has 7 heteroatoms. The highest BCUT2D eigenvalue weighted by molar-refractivity contribution is 7.79. The first kappa shape index (κ1) is 28.4. The minimum Gasteiger partial charge on any atom is -0.298 e. The molecule has 3 aromatic carbocycles. The van der Waals surface area contributed by atoms with E-state index in [9.17, 15) is 0 Å². The van der Waals surface area contributed by atoms with Crippen molar-refractivity contribution in [2.45, 2.75) is 0 Å². The molecule has 1 N–H and O–H groups in total. The van der Waals surface area contributed by atoms with Crippen LogP contribution in [0.3, 0.4) is 0 Å².